The lowest BCUT2D eigenvalue weighted by molar-refractivity contribution is -0.169. The number of hydrogen-bond donors (Lipinski definition) is 1. The molecule has 6 unspecified atom stereocenters. The number of benzene rings is 1. The van der Waals surface area contributed by atoms with Crippen LogP contribution >= 0.6 is 22.6 Å². The Balaban J connectivity index is 1.56. The lowest BCUT2D eigenvalue weighted by Gasteiger charge is -2.32. The topological polar surface area (TPSA) is 72.8 Å². The van der Waals surface area contributed by atoms with Crippen LogP contribution in [0.2, 0.25) is 0 Å². The summed E-state index contributed by atoms with van der Waals surface area (Å²) in [6.07, 6.45) is -0.524. The molecule has 2 saturated carbocycles. The fraction of sp³-hybridized carbons (Fsp3) is 0.556. The number of carbonyl (C=O) groups excluding carboxylic acids is 2. The Morgan fingerprint density at radius 3 is 2.62 bits per heavy atom. The smallest absolute Gasteiger partial charge is 0.311 e. The number of fused-ring (bicyclic) bond motifs is 1. The van der Waals surface area contributed by atoms with Crippen molar-refractivity contribution in [2.24, 2.45) is 23.7 Å². The van der Waals surface area contributed by atoms with E-state index in [4.69, 9.17) is 9.47 Å². The normalized spacial score (nSPS) is 36.8. The molecule has 2 bridgehead atoms. The number of carbonyl (C=O) groups is 2. The average Bonchev–Trinajstić information content (AvgIpc) is 3.11. The van der Waals surface area contributed by atoms with E-state index in [2.05, 4.69) is 22.6 Å². The fourth-order valence-electron chi connectivity index (χ4n) is 4.57. The number of hydrogen-bond acceptors (Lipinski definition) is 5. The number of ether oxygens (including phenoxy) is 2. The fourth-order valence-corrected chi connectivity index (χ4v) is 4.93. The highest BCUT2D eigenvalue weighted by Crippen LogP contribution is 2.58. The highest BCUT2D eigenvalue weighted by atomic mass is 127. The molecule has 3 aliphatic rings. The summed E-state index contributed by atoms with van der Waals surface area (Å²) < 4.78 is 12.2. The molecule has 128 valence electrons. The van der Waals surface area contributed by atoms with Crippen molar-refractivity contribution < 1.29 is 24.2 Å². The minimum atomic E-state index is -0.796. The van der Waals surface area contributed by atoms with Crippen LogP contribution in [0.5, 0.6) is 0 Å². The average molecular weight is 442 g/mol. The van der Waals surface area contributed by atoms with Gasteiger partial charge in [-0.3, -0.25) is 9.59 Å². The van der Waals surface area contributed by atoms with Gasteiger partial charge in [-0.15, -0.1) is 0 Å². The van der Waals surface area contributed by atoms with E-state index in [1.165, 1.54) is 0 Å². The van der Waals surface area contributed by atoms with Gasteiger partial charge in [-0.25, -0.2) is 0 Å². The van der Waals surface area contributed by atoms with E-state index >= 15 is 0 Å². The van der Waals surface area contributed by atoms with E-state index < -0.39 is 35.6 Å². The second kappa shape index (κ2) is 5.42. The molecule has 1 saturated heterocycles. The van der Waals surface area contributed by atoms with Crippen LogP contribution in [0, 0.1) is 27.2 Å². The van der Waals surface area contributed by atoms with Gasteiger partial charge >= 0.3 is 11.9 Å². The predicted molar refractivity (Wildman–Crippen MR) is 92.7 cm³/mol. The zero-order valence-electron chi connectivity index (χ0n) is 13.4. The maximum Gasteiger partial charge on any atom is 0.311 e. The molecule has 0 spiro atoms. The molecule has 6 atom stereocenters. The second-order valence-corrected chi connectivity index (χ2v) is 8.69. The van der Waals surface area contributed by atoms with Crippen molar-refractivity contribution in [2.45, 2.75) is 38.1 Å². The van der Waals surface area contributed by atoms with Crippen molar-refractivity contribution >= 4 is 34.5 Å². The second-order valence-electron chi connectivity index (χ2n) is 7.45. The minimum Gasteiger partial charge on any atom is -0.459 e. The van der Waals surface area contributed by atoms with E-state index in [0.29, 0.717) is 6.42 Å². The van der Waals surface area contributed by atoms with E-state index in [9.17, 15) is 14.7 Å². The van der Waals surface area contributed by atoms with Gasteiger partial charge in [0.2, 0.25) is 0 Å². The Kier molecular flexibility index (Phi) is 3.69. The molecular formula is C18H19IO5. The van der Waals surface area contributed by atoms with Gasteiger partial charge in [0.25, 0.3) is 0 Å². The van der Waals surface area contributed by atoms with Crippen LogP contribution in [0.15, 0.2) is 24.3 Å². The molecule has 5 nitrogen and oxygen atoms in total. The Hall–Kier alpha value is -1.15. The summed E-state index contributed by atoms with van der Waals surface area (Å²) in [6.45, 7) is 3.68. The summed E-state index contributed by atoms with van der Waals surface area (Å²) in [5.74, 6) is -2.11. The number of halogens is 1. The first kappa shape index (κ1) is 16.3. The van der Waals surface area contributed by atoms with E-state index in [1.54, 1.807) is 0 Å². The molecule has 0 amide bonds. The molecule has 4 rings (SSSR count). The summed E-state index contributed by atoms with van der Waals surface area (Å²) in [7, 11) is 0. The third-order valence-corrected chi connectivity index (χ3v) is 6.46. The van der Waals surface area contributed by atoms with Crippen LogP contribution in [0.3, 0.4) is 0 Å². The van der Waals surface area contributed by atoms with Crippen molar-refractivity contribution in [2.75, 3.05) is 0 Å². The van der Waals surface area contributed by atoms with Crippen LogP contribution < -0.4 is 0 Å². The molecule has 24 heavy (non-hydrogen) atoms. The van der Waals surface area contributed by atoms with Crippen LogP contribution in [-0.2, 0) is 24.7 Å². The molecular weight excluding hydrogens is 423 g/mol. The number of aliphatic hydroxyl groups is 1. The van der Waals surface area contributed by atoms with Crippen molar-refractivity contribution in [1.29, 1.82) is 0 Å². The summed E-state index contributed by atoms with van der Waals surface area (Å²) >= 11 is 2.22. The predicted octanol–water partition coefficient (Wildman–Crippen LogP) is 2.24. The molecule has 1 aromatic carbocycles. The number of aliphatic hydroxyl groups excluding tert-OH is 1. The minimum absolute atomic E-state index is 0.0449. The first-order valence-electron chi connectivity index (χ1n) is 8.17. The van der Waals surface area contributed by atoms with Crippen LogP contribution in [0.25, 0.3) is 0 Å². The van der Waals surface area contributed by atoms with Gasteiger partial charge in [-0.05, 0) is 60.6 Å². The highest BCUT2D eigenvalue weighted by Gasteiger charge is 2.68. The number of esters is 2. The first-order chi connectivity index (χ1) is 11.3. The summed E-state index contributed by atoms with van der Waals surface area (Å²) in [5, 5.41) is 10.3. The van der Waals surface area contributed by atoms with Gasteiger partial charge in [-0.2, -0.15) is 0 Å². The quantitative estimate of drug-likeness (QED) is 0.575. The molecule has 1 heterocycles. The van der Waals surface area contributed by atoms with Gasteiger partial charge in [0.05, 0.1) is 17.9 Å². The van der Waals surface area contributed by atoms with Crippen LogP contribution in [0.1, 0.15) is 25.8 Å². The van der Waals surface area contributed by atoms with Crippen molar-refractivity contribution in [3.8, 4) is 0 Å². The Morgan fingerprint density at radius 2 is 1.96 bits per heavy atom. The lowest BCUT2D eigenvalue weighted by atomic mass is 9.78. The van der Waals surface area contributed by atoms with Crippen LogP contribution in [0.4, 0.5) is 0 Å². The van der Waals surface area contributed by atoms with E-state index in [1.807, 2.05) is 38.1 Å². The van der Waals surface area contributed by atoms with Crippen LogP contribution in [-0.4, -0.2) is 29.3 Å². The monoisotopic (exact) mass is 442 g/mol. The third kappa shape index (κ3) is 2.29. The molecule has 1 aliphatic heterocycles. The van der Waals surface area contributed by atoms with E-state index in [0.717, 1.165) is 9.13 Å². The van der Waals surface area contributed by atoms with Gasteiger partial charge in [0, 0.05) is 15.4 Å². The molecule has 2 aliphatic carbocycles. The zero-order chi connectivity index (χ0) is 17.2. The van der Waals surface area contributed by atoms with Gasteiger partial charge < -0.3 is 14.6 Å². The Bertz CT molecular complexity index is 698. The Labute approximate surface area is 153 Å². The molecule has 6 heteroatoms. The maximum atomic E-state index is 12.8. The SMILES string of the molecule is CC(C)(OC(=O)C1C2CC3C(OC(=O)C31)C2O)c1ccc(I)cc1. The van der Waals surface area contributed by atoms with E-state index in [-0.39, 0.29) is 17.8 Å². The van der Waals surface area contributed by atoms with Gasteiger partial charge in [-0.1, -0.05) is 12.1 Å². The summed E-state index contributed by atoms with van der Waals surface area (Å²) in [4.78, 5) is 24.9. The largest absolute Gasteiger partial charge is 0.459 e. The summed E-state index contributed by atoms with van der Waals surface area (Å²) in [5.41, 5.74) is 0.0997. The Morgan fingerprint density at radius 1 is 1.29 bits per heavy atom. The summed E-state index contributed by atoms with van der Waals surface area (Å²) in [6, 6.07) is 7.80. The molecule has 1 aromatic rings. The highest BCUT2D eigenvalue weighted by molar-refractivity contribution is 14.1. The van der Waals surface area contributed by atoms with Crippen molar-refractivity contribution in [3.63, 3.8) is 0 Å². The standard InChI is InChI=1S/C18H19IO5/c1-18(2,8-3-5-9(19)6-4-8)24-17(22)12-10-7-11-13(12)16(21)23-15(11)14(10)20/h3-6,10-15,20H,7H2,1-2H3. The number of rotatable bonds is 3. The molecule has 1 N–H and O–H groups in total. The van der Waals surface area contributed by atoms with Gasteiger partial charge in [0.1, 0.15) is 11.7 Å². The maximum absolute atomic E-state index is 12.8. The molecule has 3 fully saturated rings. The van der Waals surface area contributed by atoms with Crippen molar-refractivity contribution in [3.05, 3.63) is 33.4 Å². The third-order valence-electron chi connectivity index (χ3n) is 5.74. The first-order valence-corrected chi connectivity index (χ1v) is 9.25. The molecule has 0 aromatic heterocycles. The molecule has 0 radical (unpaired) electrons. The van der Waals surface area contributed by atoms with Crippen molar-refractivity contribution in [1.82, 2.24) is 0 Å². The van der Waals surface area contributed by atoms with Gasteiger partial charge in [0.15, 0.2) is 0 Å². The zero-order valence-corrected chi connectivity index (χ0v) is 15.6. The lowest BCUT2D eigenvalue weighted by Crippen LogP contribution is -2.43.